The molecular formula is C78H94N2O11. The van der Waals surface area contributed by atoms with Crippen LogP contribution in [0.1, 0.15) is 152 Å². The minimum Gasteiger partial charge on any atom is -0.469 e. The molecule has 0 radical (unpaired) electrons. The smallest absolute Gasteiger partial charge is 0.339 e. The highest BCUT2D eigenvalue weighted by Crippen LogP contribution is 2.91. The Hall–Kier alpha value is -4.55. The number of aliphatic hydroxyl groups excluding tert-OH is 3. The number of esters is 2. The molecule has 2 aromatic rings. The van der Waals surface area contributed by atoms with Gasteiger partial charge in [-0.3, -0.25) is 14.9 Å². The molecule has 9 bridgehead atoms. The molecular weight excluding hydrogens is 1140 g/mol. The maximum atomic E-state index is 17.9. The Balaban J connectivity index is 0.814. The molecule has 5 saturated heterocycles. The van der Waals surface area contributed by atoms with Gasteiger partial charge in [-0.1, -0.05) is 99.6 Å². The molecule has 482 valence electrons. The molecule has 0 amide bonds. The number of ether oxygens (including phenoxy) is 4. The zero-order valence-electron chi connectivity index (χ0n) is 53.6. The van der Waals surface area contributed by atoms with Crippen LogP contribution in [0.4, 0.5) is 0 Å². The fraction of sp³-hybridized carbons (Fsp3) is 0.731. The number of aryl methyl sites for hydroxylation is 1. The van der Waals surface area contributed by atoms with Gasteiger partial charge in [0.15, 0.2) is 17.5 Å². The van der Waals surface area contributed by atoms with E-state index >= 15 is 19.5 Å². The maximum absolute atomic E-state index is 17.9. The Labute approximate surface area is 536 Å². The van der Waals surface area contributed by atoms with Gasteiger partial charge in [0.1, 0.15) is 29.7 Å². The Kier molecular flexibility index (Phi) is 11.8. The molecule has 8 saturated carbocycles. The summed E-state index contributed by atoms with van der Waals surface area (Å²) in [4.78, 5) is 52.8. The first kappa shape index (κ1) is 56.8. The van der Waals surface area contributed by atoms with Gasteiger partial charge in [-0.05, 0) is 215 Å². The molecule has 13 heteroatoms. The molecule has 13 nitrogen and oxygen atoms in total. The highest BCUT2D eigenvalue weighted by atomic mass is 16.7. The van der Waals surface area contributed by atoms with Crippen LogP contribution in [0.2, 0.25) is 0 Å². The van der Waals surface area contributed by atoms with E-state index in [1.165, 1.54) is 36.8 Å². The second-order valence-electron chi connectivity index (χ2n) is 34.4. The van der Waals surface area contributed by atoms with Gasteiger partial charge in [-0.25, -0.2) is 4.79 Å². The largest absolute Gasteiger partial charge is 0.469 e. The van der Waals surface area contributed by atoms with Crippen LogP contribution in [0.5, 0.6) is 0 Å². The number of furan rings is 1. The first-order chi connectivity index (χ1) is 44.1. The number of epoxide rings is 1. The van der Waals surface area contributed by atoms with Gasteiger partial charge in [0.05, 0.1) is 54.4 Å². The minimum absolute atomic E-state index is 0.0146. The maximum Gasteiger partial charge on any atom is 0.339 e. The lowest BCUT2D eigenvalue weighted by Gasteiger charge is -2.74. The zero-order valence-corrected chi connectivity index (χ0v) is 53.6. The summed E-state index contributed by atoms with van der Waals surface area (Å²) in [6.45, 7) is 8.51. The molecule has 18 aliphatic rings. The van der Waals surface area contributed by atoms with E-state index < -0.39 is 97.9 Å². The van der Waals surface area contributed by atoms with Gasteiger partial charge < -0.3 is 43.6 Å². The molecule has 7 aliphatic heterocycles. The van der Waals surface area contributed by atoms with Crippen LogP contribution in [0.3, 0.4) is 0 Å². The number of hydrogen-bond acceptors (Lipinski definition) is 13. The molecule has 0 unspecified atom stereocenters. The second kappa shape index (κ2) is 18.9. The van der Waals surface area contributed by atoms with Gasteiger partial charge in [-0.15, -0.1) is 0 Å². The summed E-state index contributed by atoms with van der Waals surface area (Å²) in [6.07, 6.45) is 27.9. The number of rotatable bonds is 8. The molecule has 6 spiro atoms. The van der Waals surface area contributed by atoms with Crippen molar-refractivity contribution in [2.75, 3.05) is 26.4 Å². The average molecular weight is 1240 g/mol. The monoisotopic (exact) mass is 1230 g/mol. The lowest BCUT2D eigenvalue weighted by Crippen LogP contribution is -2.84. The van der Waals surface area contributed by atoms with Crippen LogP contribution in [0.25, 0.3) is 0 Å². The number of carbonyl (C=O) groups is 3. The summed E-state index contributed by atoms with van der Waals surface area (Å²) in [7, 11) is 0. The summed E-state index contributed by atoms with van der Waals surface area (Å²) in [5.41, 5.74) is -5.12. The number of Topliss-reactive ketones (excluding diaryl/α,β-unsaturated/α-hetero) is 1. The Bertz CT molecular complexity index is 3620. The van der Waals surface area contributed by atoms with Crippen molar-refractivity contribution >= 4 is 17.7 Å². The topological polar surface area (TPSA) is 181 Å². The van der Waals surface area contributed by atoms with Gasteiger partial charge in [-0.2, -0.15) is 0 Å². The Morgan fingerprint density at radius 3 is 2.62 bits per heavy atom. The van der Waals surface area contributed by atoms with E-state index in [0.717, 1.165) is 88.5 Å². The van der Waals surface area contributed by atoms with Gasteiger partial charge in [0, 0.05) is 47.2 Å². The lowest BCUT2D eigenvalue weighted by molar-refractivity contribution is -0.320. The Morgan fingerprint density at radius 2 is 1.75 bits per heavy atom. The van der Waals surface area contributed by atoms with E-state index in [4.69, 9.17) is 23.4 Å². The number of carbonyl (C=O) groups excluding carboxylic acids is 3. The number of ketones is 1. The number of hydrogen-bond donors (Lipinski definition) is 4. The predicted molar refractivity (Wildman–Crippen MR) is 334 cm³/mol. The molecule has 20 rings (SSSR count). The molecule has 30 atom stereocenters. The van der Waals surface area contributed by atoms with Crippen molar-refractivity contribution in [3.05, 3.63) is 95.1 Å². The SMILES string of the molecule is C[C@H]1[C@H]([C@@H]2C=C3C[C@H]4CCC[C@]45C[C@@H]4C[C@]6(C)[C@]78O[C@@H]7C(=O)O[C@@]67c6c(coc6C[C@@H]([C@H]6CC[C@@H]9[C@H](C=CN%10CNC[C@@H]9%10)C6)[C@H](O)CO)CC[C@H]7C#C[C@@H]6CC[C@@H](Cc7ccccc7)C[C@H]6[C@]86[C@H](O)C(=O)[C@@H]7[C@@]2(C)O[C@]32[C@H]5C(=O)OC[C@@]72[C@@H]46)C=C[C@@H]2CCCC[C@H]12. The van der Waals surface area contributed by atoms with E-state index in [9.17, 15) is 10.2 Å². The average Bonchev–Trinajstić information content (AvgIpc) is 1.43. The van der Waals surface area contributed by atoms with Crippen molar-refractivity contribution in [3.8, 4) is 11.8 Å². The minimum atomic E-state index is -1.58. The van der Waals surface area contributed by atoms with Crippen molar-refractivity contribution < 1.29 is 53.1 Å². The molecule has 1 aromatic carbocycles. The van der Waals surface area contributed by atoms with E-state index in [2.05, 4.69) is 104 Å². The number of aliphatic hydroxyl groups is 3. The molecule has 4 N–H and O–H groups in total. The summed E-state index contributed by atoms with van der Waals surface area (Å²) < 4.78 is 38.3. The van der Waals surface area contributed by atoms with Crippen molar-refractivity contribution in [1.29, 1.82) is 0 Å². The predicted octanol–water partition coefficient (Wildman–Crippen LogP) is 9.98. The van der Waals surface area contributed by atoms with Crippen molar-refractivity contribution in [1.82, 2.24) is 10.2 Å². The summed E-state index contributed by atoms with van der Waals surface area (Å²) in [6, 6.07) is 11.2. The summed E-state index contributed by atoms with van der Waals surface area (Å²) >= 11 is 0. The third-order valence-electron chi connectivity index (χ3n) is 31.9. The molecule has 11 aliphatic carbocycles. The number of allylic oxidation sites excluding steroid dienone is 3. The van der Waals surface area contributed by atoms with Crippen LogP contribution in [0, 0.1) is 140 Å². The van der Waals surface area contributed by atoms with E-state index in [-0.39, 0.29) is 72.3 Å². The van der Waals surface area contributed by atoms with Gasteiger partial charge in [0.25, 0.3) is 0 Å². The van der Waals surface area contributed by atoms with Crippen LogP contribution in [-0.2, 0) is 58.2 Å². The van der Waals surface area contributed by atoms with Crippen LogP contribution in [0.15, 0.2) is 77.1 Å². The summed E-state index contributed by atoms with van der Waals surface area (Å²) in [5.74, 6) is 6.90. The van der Waals surface area contributed by atoms with E-state index in [1.54, 1.807) is 0 Å². The third kappa shape index (κ3) is 6.51. The normalized spacial score (nSPS) is 53.6. The van der Waals surface area contributed by atoms with Crippen molar-refractivity contribution in [2.24, 2.45) is 128 Å². The summed E-state index contributed by atoms with van der Waals surface area (Å²) in [5, 5.41) is 42.2. The first-order valence-electron chi connectivity index (χ1n) is 36.6. The number of nitrogens with one attached hydrogen (secondary N) is 1. The standard InChI is InChI=1S/C78H94N2O11/c1-41-53-14-8-7-12-44(53)19-23-54(41)58-32-52-31-51-13-9-26-73(51)35-49-34-71(2)76-50(22-18-48-38-87-61(62(48)76)33-56(60(82)37-81)46-20-24-55-47(30-46)25-27-80-40-79-36-59(55)80)21-17-45-16-15-43(28-42-10-5-4-6-11-42)29-57(45)75(78(71)68(89-78)70(86)90-76)64(49)74-39-88-69(85)66(73)77(52,74)91-72(58,3)65(74)63(83)67(75)84/h4-6,10-11,19,23,25,27,32,38,41,43-47,49-51,53-60,64-68,79,81-82,84H,7-9,12-16,18,20,22,24,26,28-31,33-37,39-40H2,1-3H3/t41-,43+,44+,45+,46+,47-,49+,50-,51-,53-,54-,55-,56+,57-,58+,59+,60-,64-,65-,66+,67-,68-,71+,72+,73+,74-,75+,76+,77+,78-/m1/s1. The highest BCUT2D eigenvalue weighted by molar-refractivity contribution is 5.94. The number of fused-ring (bicyclic) bond motifs is 8. The van der Waals surface area contributed by atoms with E-state index in [1.807, 2.05) is 6.26 Å². The second-order valence-corrected chi connectivity index (χ2v) is 34.4. The van der Waals surface area contributed by atoms with Crippen molar-refractivity contribution in [2.45, 2.75) is 196 Å². The quantitative estimate of drug-likeness (QED) is 0.0850. The van der Waals surface area contributed by atoms with Gasteiger partial charge in [0.2, 0.25) is 0 Å². The number of benzene rings is 1. The van der Waals surface area contributed by atoms with Crippen LogP contribution < -0.4 is 5.32 Å². The molecule has 1 aromatic heterocycles. The zero-order chi connectivity index (χ0) is 61.3. The lowest BCUT2D eigenvalue weighted by atomic mass is 9.28. The molecule has 13 fully saturated rings. The molecule has 91 heavy (non-hydrogen) atoms. The first-order valence-corrected chi connectivity index (χ1v) is 36.6. The van der Waals surface area contributed by atoms with Crippen LogP contribution >= 0.6 is 0 Å². The fourth-order valence-corrected chi connectivity index (χ4v) is 29.2. The Morgan fingerprint density at radius 1 is 0.879 bits per heavy atom. The van der Waals surface area contributed by atoms with Crippen molar-refractivity contribution in [3.63, 3.8) is 0 Å². The van der Waals surface area contributed by atoms with Gasteiger partial charge >= 0.3 is 11.9 Å². The number of cyclic esters (lactones) is 1. The third-order valence-corrected chi connectivity index (χ3v) is 31.9. The fourth-order valence-electron chi connectivity index (χ4n) is 29.2. The highest BCUT2D eigenvalue weighted by Gasteiger charge is 3.00. The molecule has 8 heterocycles. The number of nitrogens with zero attached hydrogens (tertiary/aromatic N) is 1. The van der Waals surface area contributed by atoms with Crippen LogP contribution in [-0.4, -0.2) is 106 Å². The van der Waals surface area contributed by atoms with E-state index in [0.29, 0.717) is 79.9 Å².